The van der Waals surface area contributed by atoms with Crippen molar-refractivity contribution in [2.45, 2.75) is 6.92 Å². The second-order valence-corrected chi connectivity index (χ2v) is 5.98. The number of anilines is 1. The van der Waals surface area contributed by atoms with Crippen LogP contribution in [0.5, 0.6) is 0 Å². The Morgan fingerprint density at radius 1 is 1.18 bits per heavy atom. The molecule has 2 N–H and O–H groups in total. The van der Waals surface area contributed by atoms with Crippen LogP contribution in [0.1, 0.15) is 15.9 Å². The lowest BCUT2D eigenvalue weighted by atomic mass is 10.2. The van der Waals surface area contributed by atoms with E-state index in [9.17, 15) is 9.59 Å². The number of benzene rings is 2. The van der Waals surface area contributed by atoms with Crippen molar-refractivity contribution in [3.05, 3.63) is 63.1 Å². The van der Waals surface area contributed by atoms with Crippen LogP contribution >= 0.6 is 27.5 Å². The fraction of sp³-hybridized carbons (Fsp3) is 0.125. The fourth-order valence-corrected chi connectivity index (χ4v) is 2.40. The van der Waals surface area contributed by atoms with E-state index in [-0.39, 0.29) is 18.4 Å². The maximum atomic E-state index is 11.9. The molecule has 0 aliphatic heterocycles. The highest BCUT2D eigenvalue weighted by Crippen LogP contribution is 2.22. The molecule has 114 valence electrons. The number of hydrogen-bond donors (Lipinski definition) is 2. The SMILES string of the molecule is Cc1c(Cl)cccc1NC(=O)CNC(=O)c1cccc(Br)c1. The van der Waals surface area contributed by atoms with E-state index in [4.69, 9.17) is 11.6 Å². The Kier molecular flexibility index (Phi) is 5.57. The molecule has 2 amide bonds. The van der Waals surface area contributed by atoms with E-state index < -0.39 is 0 Å². The number of amides is 2. The molecule has 6 heteroatoms. The summed E-state index contributed by atoms with van der Waals surface area (Å²) in [4.78, 5) is 23.8. The first kappa shape index (κ1) is 16.5. The molecule has 0 bridgehead atoms. The Balaban J connectivity index is 1.93. The summed E-state index contributed by atoms with van der Waals surface area (Å²) >= 11 is 9.29. The van der Waals surface area contributed by atoms with Crippen LogP contribution in [0.25, 0.3) is 0 Å². The topological polar surface area (TPSA) is 58.2 Å². The fourth-order valence-electron chi connectivity index (χ4n) is 1.83. The van der Waals surface area contributed by atoms with Gasteiger partial charge in [-0.2, -0.15) is 0 Å². The smallest absolute Gasteiger partial charge is 0.251 e. The highest BCUT2D eigenvalue weighted by molar-refractivity contribution is 9.10. The zero-order valence-corrected chi connectivity index (χ0v) is 14.2. The number of carbonyl (C=O) groups is 2. The monoisotopic (exact) mass is 380 g/mol. The van der Waals surface area contributed by atoms with Crippen molar-refractivity contribution >= 4 is 45.0 Å². The number of rotatable bonds is 4. The molecule has 0 atom stereocenters. The maximum Gasteiger partial charge on any atom is 0.251 e. The van der Waals surface area contributed by atoms with Crippen molar-refractivity contribution in [1.29, 1.82) is 0 Å². The Labute approximate surface area is 142 Å². The lowest BCUT2D eigenvalue weighted by Crippen LogP contribution is -2.33. The van der Waals surface area contributed by atoms with E-state index >= 15 is 0 Å². The minimum absolute atomic E-state index is 0.114. The molecule has 0 heterocycles. The summed E-state index contributed by atoms with van der Waals surface area (Å²) in [5, 5.41) is 5.88. The standard InChI is InChI=1S/C16H14BrClN2O2/c1-10-13(18)6-3-7-14(10)20-15(21)9-19-16(22)11-4-2-5-12(17)8-11/h2-8H,9H2,1H3,(H,19,22)(H,20,21). The summed E-state index contributed by atoms with van der Waals surface area (Å²) in [5.41, 5.74) is 1.91. The average molecular weight is 382 g/mol. The number of hydrogen-bond acceptors (Lipinski definition) is 2. The van der Waals surface area contributed by atoms with Crippen molar-refractivity contribution in [2.75, 3.05) is 11.9 Å². The third kappa shape index (κ3) is 4.32. The Morgan fingerprint density at radius 2 is 1.91 bits per heavy atom. The molecular formula is C16H14BrClN2O2. The van der Waals surface area contributed by atoms with Gasteiger partial charge in [0, 0.05) is 20.7 Å². The van der Waals surface area contributed by atoms with E-state index in [1.165, 1.54) is 0 Å². The van der Waals surface area contributed by atoms with E-state index in [2.05, 4.69) is 26.6 Å². The van der Waals surface area contributed by atoms with Crippen LogP contribution in [-0.2, 0) is 4.79 Å². The molecule has 0 fully saturated rings. The van der Waals surface area contributed by atoms with Gasteiger partial charge in [-0.3, -0.25) is 9.59 Å². The quantitative estimate of drug-likeness (QED) is 0.847. The molecule has 0 saturated carbocycles. The van der Waals surface area contributed by atoms with Gasteiger partial charge in [-0.1, -0.05) is 39.7 Å². The first-order chi connectivity index (χ1) is 10.5. The van der Waals surface area contributed by atoms with Crippen LogP contribution in [0.4, 0.5) is 5.69 Å². The third-order valence-electron chi connectivity index (χ3n) is 3.04. The van der Waals surface area contributed by atoms with Crippen molar-refractivity contribution in [2.24, 2.45) is 0 Å². The molecule has 4 nitrogen and oxygen atoms in total. The van der Waals surface area contributed by atoms with Crippen LogP contribution in [0.15, 0.2) is 46.9 Å². The second kappa shape index (κ2) is 7.42. The molecule has 0 aromatic heterocycles. The molecule has 0 spiro atoms. The van der Waals surface area contributed by atoms with Gasteiger partial charge in [0.05, 0.1) is 6.54 Å². The van der Waals surface area contributed by atoms with Crippen molar-refractivity contribution in [3.63, 3.8) is 0 Å². The summed E-state index contributed by atoms with van der Waals surface area (Å²) in [6.45, 7) is 1.70. The molecule has 0 radical (unpaired) electrons. The average Bonchev–Trinajstić information content (AvgIpc) is 2.49. The van der Waals surface area contributed by atoms with Crippen LogP contribution in [0.2, 0.25) is 5.02 Å². The van der Waals surface area contributed by atoms with Crippen molar-refractivity contribution < 1.29 is 9.59 Å². The zero-order valence-electron chi connectivity index (χ0n) is 11.8. The van der Waals surface area contributed by atoms with Gasteiger partial charge >= 0.3 is 0 Å². The Morgan fingerprint density at radius 3 is 2.64 bits per heavy atom. The van der Waals surface area contributed by atoms with Gasteiger partial charge in [-0.25, -0.2) is 0 Å². The maximum absolute atomic E-state index is 11.9. The molecule has 2 rings (SSSR count). The molecule has 0 aliphatic rings. The third-order valence-corrected chi connectivity index (χ3v) is 3.94. The van der Waals surface area contributed by atoms with E-state index in [0.717, 1.165) is 10.0 Å². The van der Waals surface area contributed by atoms with Gasteiger partial charge < -0.3 is 10.6 Å². The Hall–Kier alpha value is -1.85. The predicted molar refractivity (Wildman–Crippen MR) is 91.3 cm³/mol. The molecule has 0 aliphatic carbocycles. The number of halogens is 2. The highest BCUT2D eigenvalue weighted by Gasteiger charge is 2.10. The van der Waals surface area contributed by atoms with Crippen molar-refractivity contribution in [1.82, 2.24) is 5.32 Å². The minimum atomic E-state index is -0.311. The summed E-state index contributed by atoms with van der Waals surface area (Å²) in [7, 11) is 0. The van der Waals surface area contributed by atoms with Crippen LogP contribution in [0.3, 0.4) is 0 Å². The molecule has 0 unspecified atom stereocenters. The normalized spacial score (nSPS) is 10.1. The number of carbonyl (C=O) groups excluding carboxylic acids is 2. The summed E-state index contributed by atoms with van der Waals surface area (Å²) in [6, 6.07) is 12.2. The highest BCUT2D eigenvalue weighted by atomic mass is 79.9. The lowest BCUT2D eigenvalue weighted by Gasteiger charge is -2.10. The molecule has 2 aromatic rings. The molecule has 22 heavy (non-hydrogen) atoms. The van der Waals surface area contributed by atoms with Gasteiger partial charge in [0.25, 0.3) is 5.91 Å². The molecular weight excluding hydrogens is 368 g/mol. The first-order valence-corrected chi connectivity index (χ1v) is 7.73. The van der Waals surface area contributed by atoms with Crippen LogP contribution in [0, 0.1) is 6.92 Å². The second-order valence-electron chi connectivity index (χ2n) is 4.65. The summed E-state index contributed by atoms with van der Waals surface area (Å²) in [5.74, 6) is -0.618. The molecule has 0 saturated heterocycles. The van der Waals surface area contributed by atoms with E-state index in [1.807, 2.05) is 13.0 Å². The largest absolute Gasteiger partial charge is 0.343 e. The van der Waals surface area contributed by atoms with Crippen LogP contribution in [-0.4, -0.2) is 18.4 Å². The van der Waals surface area contributed by atoms with Crippen LogP contribution < -0.4 is 10.6 Å². The van der Waals surface area contributed by atoms with E-state index in [0.29, 0.717) is 16.3 Å². The number of nitrogens with one attached hydrogen (secondary N) is 2. The molecule has 2 aromatic carbocycles. The summed E-state index contributed by atoms with van der Waals surface area (Å²) in [6.07, 6.45) is 0. The van der Waals surface area contributed by atoms with Gasteiger partial charge in [0.15, 0.2) is 0 Å². The van der Waals surface area contributed by atoms with E-state index in [1.54, 1.807) is 36.4 Å². The van der Waals surface area contributed by atoms with Gasteiger partial charge in [0.2, 0.25) is 5.91 Å². The first-order valence-electron chi connectivity index (χ1n) is 6.56. The van der Waals surface area contributed by atoms with Crippen molar-refractivity contribution in [3.8, 4) is 0 Å². The Bertz CT molecular complexity index is 719. The summed E-state index contributed by atoms with van der Waals surface area (Å²) < 4.78 is 0.805. The minimum Gasteiger partial charge on any atom is -0.343 e. The lowest BCUT2D eigenvalue weighted by molar-refractivity contribution is -0.115. The predicted octanol–water partition coefficient (Wildman–Crippen LogP) is 3.78. The van der Waals surface area contributed by atoms with Gasteiger partial charge in [-0.05, 0) is 42.8 Å². The van der Waals surface area contributed by atoms with Gasteiger partial charge in [0.1, 0.15) is 0 Å². The van der Waals surface area contributed by atoms with Gasteiger partial charge in [-0.15, -0.1) is 0 Å². The zero-order chi connectivity index (χ0) is 16.1.